The lowest BCUT2D eigenvalue weighted by molar-refractivity contribution is 0.670. The molecule has 0 fully saturated rings. The molecule has 2 heterocycles. The van der Waals surface area contributed by atoms with Gasteiger partial charge in [-0.3, -0.25) is 0 Å². The minimum absolute atomic E-state index is 0.932. The minimum Gasteiger partial charge on any atom is -0.455 e. The van der Waals surface area contributed by atoms with E-state index in [9.17, 15) is 0 Å². The third kappa shape index (κ3) is 2.86. The summed E-state index contributed by atoms with van der Waals surface area (Å²) in [5, 5.41) is 3.62. The summed E-state index contributed by atoms with van der Waals surface area (Å²) in [5.74, 6) is 0. The quantitative estimate of drug-likeness (QED) is 0.237. The number of benzene rings is 4. The highest BCUT2D eigenvalue weighted by atomic mass is 79.9. The zero-order chi connectivity index (χ0) is 21.9. The number of rotatable bonds is 2. The van der Waals surface area contributed by atoms with Crippen LogP contribution in [0.25, 0.3) is 55.7 Å². The lowest BCUT2D eigenvalue weighted by Crippen LogP contribution is -2.02. The molecule has 2 nitrogen and oxygen atoms in total. The van der Waals surface area contributed by atoms with Crippen LogP contribution in [-0.4, -0.2) is 4.57 Å². The first-order valence-electron chi connectivity index (χ1n) is 11.3. The topological polar surface area (TPSA) is 18.1 Å². The van der Waals surface area contributed by atoms with E-state index in [4.69, 9.17) is 4.42 Å². The first-order chi connectivity index (χ1) is 16.3. The monoisotopic (exact) mass is 489 g/mol. The van der Waals surface area contributed by atoms with E-state index in [1.165, 1.54) is 27.8 Å². The third-order valence-corrected chi connectivity index (χ3v) is 7.24. The molecule has 0 atom stereocenters. The standard InChI is InChI=1S/C30H20BrNO/c31-20-14-17-28-26(18-20)23-6-1-3-10-27(23)32(28)21-15-12-19(13-16-21)22-8-5-9-25-24-7-2-4-11-29(24)33-30(22)25/h1-2,4-9,11-18H,3,10H2. The van der Waals surface area contributed by atoms with Gasteiger partial charge in [-0.2, -0.15) is 0 Å². The molecule has 3 heteroatoms. The molecule has 0 N–H and O–H groups in total. The number of halogens is 1. The molecule has 0 spiro atoms. The average molecular weight is 490 g/mol. The van der Waals surface area contributed by atoms with E-state index < -0.39 is 0 Å². The van der Waals surface area contributed by atoms with Crippen LogP contribution in [0.1, 0.15) is 17.7 Å². The first-order valence-corrected chi connectivity index (χ1v) is 12.1. The maximum absolute atomic E-state index is 6.27. The molecule has 0 bridgehead atoms. The highest BCUT2D eigenvalue weighted by Gasteiger charge is 2.19. The second-order valence-corrected chi connectivity index (χ2v) is 9.54. The van der Waals surface area contributed by atoms with Crippen LogP contribution < -0.4 is 0 Å². The van der Waals surface area contributed by atoms with E-state index in [-0.39, 0.29) is 0 Å². The SMILES string of the molecule is Brc1ccc2c(c1)c1c(n2-c2ccc(-c3cccc4c3oc3ccccc34)cc2)CCC=C1. The number of fused-ring (bicyclic) bond motifs is 6. The predicted octanol–water partition coefficient (Wildman–Crippen LogP) is 8.92. The van der Waals surface area contributed by atoms with Gasteiger partial charge in [0.2, 0.25) is 0 Å². The lowest BCUT2D eigenvalue weighted by Gasteiger charge is -2.14. The van der Waals surface area contributed by atoms with Gasteiger partial charge in [0.1, 0.15) is 11.2 Å². The Morgan fingerprint density at radius 2 is 1.64 bits per heavy atom. The summed E-state index contributed by atoms with van der Waals surface area (Å²) in [6.45, 7) is 0. The van der Waals surface area contributed by atoms with E-state index >= 15 is 0 Å². The van der Waals surface area contributed by atoms with Crippen molar-refractivity contribution in [2.45, 2.75) is 12.8 Å². The molecular formula is C30H20BrNO. The van der Waals surface area contributed by atoms with Crippen LogP contribution in [0.3, 0.4) is 0 Å². The molecule has 0 radical (unpaired) electrons. The maximum atomic E-state index is 6.27. The predicted molar refractivity (Wildman–Crippen MR) is 141 cm³/mol. The van der Waals surface area contributed by atoms with Crippen molar-refractivity contribution in [3.8, 4) is 16.8 Å². The van der Waals surface area contributed by atoms with Gasteiger partial charge in [0.15, 0.2) is 0 Å². The largest absolute Gasteiger partial charge is 0.455 e. The summed E-state index contributed by atoms with van der Waals surface area (Å²) in [6.07, 6.45) is 6.69. The first kappa shape index (κ1) is 19.0. The van der Waals surface area contributed by atoms with Gasteiger partial charge < -0.3 is 8.98 Å². The Balaban J connectivity index is 1.39. The van der Waals surface area contributed by atoms with Gasteiger partial charge in [0, 0.05) is 43.1 Å². The minimum atomic E-state index is 0.932. The smallest absolute Gasteiger partial charge is 0.143 e. The Bertz CT molecular complexity index is 1720. The summed E-state index contributed by atoms with van der Waals surface area (Å²) in [6, 6.07) is 30.1. The molecule has 1 aliphatic carbocycles. The number of furan rings is 1. The summed E-state index contributed by atoms with van der Waals surface area (Å²) >= 11 is 3.65. The second-order valence-electron chi connectivity index (χ2n) is 8.63. The van der Waals surface area contributed by atoms with E-state index in [1.54, 1.807) is 0 Å². The maximum Gasteiger partial charge on any atom is 0.143 e. The Labute approximate surface area is 199 Å². The fourth-order valence-electron chi connectivity index (χ4n) is 5.25. The summed E-state index contributed by atoms with van der Waals surface area (Å²) in [7, 11) is 0. The fraction of sp³-hybridized carbons (Fsp3) is 0.0667. The number of allylic oxidation sites excluding steroid dienone is 1. The zero-order valence-corrected chi connectivity index (χ0v) is 19.5. The number of hydrogen-bond donors (Lipinski definition) is 0. The zero-order valence-electron chi connectivity index (χ0n) is 17.9. The summed E-state index contributed by atoms with van der Waals surface area (Å²) < 4.78 is 9.80. The van der Waals surface area contributed by atoms with E-state index in [0.717, 1.165) is 50.4 Å². The number of nitrogens with zero attached hydrogens (tertiary/aromatic N) is 1. The molecular weight excluding hydrogens is 470 g/mol. The highest BCUT2D eigenvalue weighted by molar-refractivity contribution is 9.10. The van der Waals surface area contributed by atoms with Crippen molar-refractivity contribution in [3.05, 3.63) is 107 Å². The van der Waals surface area contributed by atoms with Gasteiger partial charge in [-0.05, 0) is 54.8 Å². The number of para-hydroxylation sites is 2. The van der Waals surface area contributed by atoms with Crippen molar-refractivity contribution in [2.24, 2.45) is 0 Å². The van der Waals surface area contributed by atoms with Crippen molar-refractivity contribution in [1.82, 2.24) is 4.57 Å². The lowest BCUT2D eigenvalue weighted by atomic mass is 10.0. The molecule has 2 aromatic heterocycles. The molecule has 0 unspecified atom stereocenters. The van der Waals surface area contributed by atoms with Gasteiger partial charge in [-0.15, -0.1) is 0 Å². The molecule has 158 valence electrons. The van der Waals surface area contributed by atoms with Crippen LogP contribution in [0.15, 0.2) is 99.9 Å². The van der Waals surface area contributed by atoms with Gasteiger partial charge in [0.25, 0.3) is 0 Å². The summed E-state index contributed by atoms with van der Waals surface area (Å²) in [4.78, 5) is 0. The van der Waals surface area contributed by atoms with Crippen LogP contribution in [0.5, 0.6) is 0 Å². The molecule has 0 aliphatic heterocycles. The van der Waals surface area contributed by atoms with Gasteiger partial charge in [-0.25, -0.2) is 0 Å². The van der Waals surface area contributed by atoms with Crippen molar-refractivity contribution >= 4 is 54.8 Å². The molecule has 0 saturated carbocycles. The molecule has 4 aromatic carbocycles. The van der Waals surface area contributed by atoms with Gasteiger partial charge in [0.05, 0.1) is 5.52 Å². The Hall–Kier alpha value is -3.56. The van der Waals surface area contributed by atoms with Crippen molar-refractivity contribution in [1.29, 1.82) is 0 Å². The van der Waals surface area contributed by atoms with E-state index in [2.05, 4.69) is 105 Å². The molecule has 0 amide bonds. The molecule has 6 aromatic rings. The Morgan fingerprint density at radius 3 is 2.55 bits per heavy atom. The Morgan fingerprint density at radius 1 is 0.788 bits per heavy atom. The number of hydrogen-bond acceptors (Lipinski definition) is 1. The van der Waals surface area contributed by atoms with Crippen LogP contribution in [0.4, 0.5) is 0 Å². The van der Waals surface area contributed by atoms with Crippen LogP contribution >= 0.6 is 15.9 Å². The van der Waals surface area contributed by atoms with Crippen molar-refractivity contribution < 1.29 is 4.42 Å². The van der Waals surface area contributed by atoms with E-state index in [1.807, 2.05) is 12.1 Å². The van der Waals surface area contributed by atoms with Crippen LogP contribution in [-0.2, 0) is 6.42 Å². The van der Waals surface area contributed by atoms with Crippen LogP contribution in [0, 0.1) is 0 Å². The summed E-state index contributed by atoms with van der Waals surface area (Å²) in [5.41, 5.74) is 9.34. The van der Waals surface area contributed by atoms with Crippen molar-refractivity contribution in [3.63, 3.8) is 0 Å². The molecule has 7 rings (SSSR count). The van der Waals surface area contributed by atoms with E-state index in [0.29, 0.717) is 0 Å². The van der Waals surface area contributed by atoms with Crippen molar-refractivity contribution in [2.75, 3.05) is 0 Å². The Kier molecular flexibility index (Phi) is 4.15. The highest BCUT2D eigenvalue weighted by Crippen LogP contribution is 2.38. The average Bonchev–Trinajstić information content (AvgIpc) is 3.40. The molecule has 1 aliphatic rings. The second kappa shape index (κ2) is 7.23. The normalized spacial score (nSPS) is 13.2. The molecule has 33 heavy (non-hydrogen) atoms. The third-order valence-electron chi connectivity index (χ3n) is 6.74. The fourth-order valence-corrected chi connectivity index (χ4v) is 5.61. The molecule has 0 saturated heterocycles. The number of aromatic nitrogens is 1. The van der Waals surface area contributed by atoms with Gasteiger partial charge in [-0.1, -0.05) is 76.6 Å². The van der Waals surface area contributed by atoms with Gasteiger partial charge >= 0.3 is 0 Å². The van der Waals surface area contributed by atoms with Crippen LogP contribution in [0.2, 0.25) is 0 Å².